The minimum absolute atomic E-state index is 0.0251. The summed E-state index contributed by atoms with van der Waals surface area (Å²) in [7, 11) is 0. The van der Waals surface area contributed by atoms with Gasteiger partial charge >= 0.3 is 12.0 Å². The molecule has 2 N–H and O–H groups in total. The van der Waals surface area contributed by atoms with E-state index in [0.29, 0.717) is 23.6 Å². The topological polar surface area (TPSA) is 82.5 Å². The van der Waals surface area contributed by atoms with Crippen molar-refractivity contribution in [3.05, 3.63) is 11.1 Å². The molecule has 2 amide bonds. The Bertz CT molecular complexity index is 589. The van der Waals surface area contributed by atoms with Crippen LogP contribution >= 0.6 is 11.3 Å². The highest BCUT2D eigenvalue weighted by Gasteiger charge is 2.32. The molecule has 2 aliphatic rings. The summed E-state index contributed by atoms with van der Waals surface area (Å²) in [6, 6.07) is 0.666. The zero-order valence-corrected chi connectivity index (χ0v) is 16.1. The Labute approximate surface area is 159 Å². The van der Waals surface area contributed by atoms with E-state index in [0.717, 1.165) is 31.4 Å². The number of amides is 2. The van der Waals surface area contributed by atoms with Crippen LogP contribution in [0.15, 0.2) is 5.38 Å². The molecule has 1 heterocycles. The van der Waals surface area contributed by atoms with E-state index in [9.17, 15) is 9.59 Å². The van der Waals surface area contributed by atoms with Crippen LogP contribution in [0.3, 0.4) is 0 Å². The van der Waals surface area contributed by atoms with Crippen molar-refractivity contribution in [2.45, 2.75) is 89.1 Å². The second-order valence-electron chi connectivity index (χ2n) is 7.46. The Morgan fingerprint density at radius 1 is 1.08 bits per heavy atom. The number of nitrogens with zero attached hydrogens (tertiary/aromatic N) is 2. The Morgan fingerprint density at radius 2 is 1.65 bits per heavy atom. The van der Waals surface area contributed by atoms with Gasteiger partial charge in [0, 0.05) is 23.9 Å². The zero-order chi connectivity index (χ0) is 18.4. The number of carboxylic acids is 1. The number of hydrogen-bond donors (Lipinski definition) is 2. The number of aliphatic carboxylic acids is 1. The highest BCUT2D eigenvalue weighted by Crippen LogP contribution is 2.31. The average Bonchev–Trinajstić information content (AvgIpc) is 3.09. The van der Waals surface area contributed by atoms with E-state index in [4.69, 9.17) is 5.11 Å². The second-order valence-corrected chi connectivity index (χ2v) is 8.32. The molecule has 0 unspecified atom stereocenters. The molecule has 0 saturated heterocycles. The van der Waals surface area contributed by atoms with Crippen molar-refractivity contribution in [3.8, 4) is 0 Å². The van der Waals surface area contributed by atoms with Crippen molar-refractivity contribution in [3.63, 3.8) is 0 Å². The van der Waals surface area contributed by atoms with Gasteiger partial charge in [0.05, 0.1) is 12.1 Å². The zero-order valence-electron chi connectivity index (χ0n) is 15.3. The lowest BCUT2D eigenvalue weighted by Crippen LogP contribution is -2.50. The van der Waals surface area contributed by atoms with Gasteiger partial charge in [-0.2, -0.15) is 0 Å². The SMILES string of the molecule is O=C(O)CCc1csc(NC(=O)N(C2CCCCC2)C2CCCCC2)n1. The molecule has 0 spiro atoms. The van der Waals surface area contributed by atoms with Gasteiger partial charge in [0.25, 0.3) is 0 Å². The van der Waals surface area contributed by atoms with E-state index in [2.05, 4.69) is 15.2 Å². The standard InChI is InChI=1S/C19H29N3O3S/c23-17(24)12-11-14-13-26-18(20-14)21-19(25)22(15-7-3-1-4-8-15)16-9-5-2-6-10-16/h13,15-16H,1-12H2,(H,23,24)(H,20,21,25). The molecule has 1 aromatic rings. The van der Waals surface area contributed by atoms with Gasteiger partial charge in [-0.05, 0) is 25.7 Å². The van der Waals surface area contributed by atoms with Crippen molar-refractivity contribution in [1.82, 2.24) is 9.88 Å². The van der Waals surface area contributed by atoms with E-state index >= 15 is 0 Å². The number of rotatable bonds is 6. The highest BCUT2D eigenvalue weighted by atomic mass is 32.1. The lowest BCUT2D eigenvalue weighted by atomic mass is 9.89. The van der Waals surface area contributed by atoms with Gasteiger partial charge < -0.3 is 10.0 Å². The first-order valence-electron chi connectivity index (χ1n) is 9.89. The summed E-state index contributed by atoms with van der Waals surface area (Å²) in [4.78, 5) is 30.3. The summed E-state index contributed by atoms with van der Waals surface area (Å²) in [5, 5.41) is 14.2. The van der Waals surface area contributed by atoms with Crippen molar-refractivity contribution in [1.29, 1.82) is 0 Å². The summed E-state index contributed by atoms with van der Waals surface area (Å²) in [5.74, 6) is -0.829. The molecule has 144 valence electrons. The van der Waals surface area contributed by atoms with Crippen LogP contribution in [0.2, 0.25) is 0 Å². The van der Waals surface area contributed by atoms with Crippen molar-refractivity contribution in [2.75, 3.05) is 5.32 Å². The van der Waals surface area contributed by atoms with E-state index in [1.807, 2.05) is 5.38 Å². The monoisotopic (exact) mass is 379 g/mol. The molecule has 0 radical (unpaired) electrons. The number of anilines is 1. The predicted octanol–water partition coefficient (Wildman–Crippen LogP) is 4.66. The van der Waals surface area contributed by atoms with Crippen molar-refractivity contribution >= 4 is 28.5 Å². The Morgan fingerprint density at radius 3 is 2.19 bits per heavy atom. The smallest absolute Gasteiger partial charge is 0.324 e. The molecule has 7 heteroatoms. The Balaban J connectivity index is 1.65. The van der Waals surface area contributed by atoms with Crippen LogP contribution in [0.4, 0.5) is 9.93 Å². The van der Waals surface area contributed by atoms with E-state index in [1.165, 1.54) is 49.9 Å². The number of carboxylic acid groups (broad SMARTS) is 1. The molecular weight excluding hydrogens is 350 g/mol. The largest absolute Gasteiger partial charge is 0.481 e. The lowest BCUT2D eigenvalue weighted by molar-refractivity contribution is -0.136. The number of carbonyl (C=O) groups excluding carboxylic acids is 1. The molecule has 2 aliphatic carbocycles. The van der Waals surface area contributed by atoms with Crippen LogP contribution in [0.1, 0.15) is 76.3 Å². The number of nitrogens with one attached hydrogen (secondary N) is 1. The number of aryl methyl sites for hydroxylation is 1. The summed E-state index contributed by atoms with van der Waals surface area (Å²) in [6.07, 6.45) is 12.2. The van der Waals surface area contributed by atoms with Gasteiger partial charge in [0.2, 0.25) is 0 Å². The number of aromatic nitrogens is 1. The third-order valence-electron chi connectivity index (χ3n) is 5.53. The van der Waals surface area contributed by atoms with Gasteiger partial charge in [0.15, 0.2) is 5.13 Å². The molecule has 2 saturated carbocycles. The fourth-order valence-electron chi connectivity index (χ4n) is 4.22. The molecule has 26 heavy (non-hydrogen) atoms. The Kier molecular flexibility index (Phi) is 6.88. The van der Waals surface area contributed by atoms with Gasteiger partial charge in [-0.15, -0.1) is 11.3 Å². The molecular formula is C19H29N3O3S. The third-order valence-corrected chi connectivity index (χ3v) is 6.34. The molecule has 3 rings (SSSR count). The van der Waals surface area contributed by atoms with Gasteiger partial charge in [-0.3, -0.25) is 10.1 Å². The fourth-order valence-corrected chi connectivity index (χ4v) is 4.95. The Hall–Kier alpha value is -1.63. The first-order valence-corrected chi connectivity index (χ1v) is 10.8. The van der Waals surface area contributed by atoms with Gasteiger partial charge in [-0.1, -0.05) is 38.5 Å². The van der Waals surface area contributed by atoms with Crippen LogP contribution in [0.5, 0.6) is 0 Å². The molecule has 0 bridgehead atoms. The molecule has 1 aromatic heterocycles. The minimum Gasteiger partial charge on any atom is -0.481 e. The number of carbonyl (C=O) groups is 2. The average molecular weight is 380 g/mol. The fraction of sp³-hybridized carbons (Fsp3) is 0.737. The number of hydrogen-bond acceptors (Lipinski definition) is 4. The van der Waals surface area contributed by atoms with E-state index in [-0.39, 0.29) is 12.5 Å². The molecule has 0 atom stereocenters. The first-order chi connectivity index (χ1) is 12.6. The first kappa shape index (κ1) is 19.1. The summed E-state index contributed by atoms with van der Waals surface area (Å²) < 4.78 is 0. The predicted molar refractivity (Wildman–Crippen MR) is 103 cm³/mol. The number of thiazole rings is 1. The quantitative estimate of drug-likeness (QED) is 0.753. The van der Waals surface area contributed by atoms with Crippen LogP contribution < -0.4 is 5.32 Å². The van der Waals surface area contributed by atoms with Crippen molar-refractivity contribution < 1.29 is 14.7 Å². The third kappa shape index (κ3) is 5.19. The van der Waals surface area contributed by atoms with Crippen LogP contribution in [-0.4, -0.2) is 39.1 Å². The maximum absolute atomic E-state index is 13.1. The molecule has 0 aromatic carbocycles. The summed E-state index contributed by atoms with van der Waals surface area (Å²) in [5.41, 5.74) is 0.731. The maximum atomic E-state index is 13.1. The maximum Gasteiger partial charge on any atom is 0.324 e. The molecule has 2 fully saturated rings. The van der Waals surface area contributed by atoms with Crippen molar-refractivity contribution in [2.24, 2.45) is 0 Å². The van der Waals surface area contributed by atoms with Crippen LogP contribution in [0, 0.1) is 0 Å². The molecule has 6 nitrogen and oxygen atoms in total. The van der Waals surface area contributed by atoms with E-state index in [1.54, 1.807) is 0 Å². The minimum atomic E-state index is -0.829. The number of urea groups is 1. The second kappa shape index (κ2) is 9.35. The van der Waals surface area contributed by atoms with Crippen LogP contribution in [0.25, 0.3) is 0 Å². The van der Waals surface area contributed by atoms with Crippen LogP contribution in [-0.2, 0) is 11.2 Å². The summed E-state index contributed by atoms with van der Waals surface area (Å²) >= 11 is 1.38. The molecule has 0 aliphatic heterocycles. The highest BCUT2D eigenvalue weighted by molar-refractivity contribution is 7.13. The van der Waals surface area contributed by atoms with Gasteiger partial charge in [-0.25, -0.2) is 9.78 Å². The normalized spacial score (nSPS) is 19.2. The van der Waals surface area contributed by atoms with Gasteiger partial charge in [0.1, 0.15) is 0 Å². The lowest BCUT2D eigenvalue weighted by Gasteiger charge is -2.41. The van der Waals surface area contributed by atoms with E-state index < -0.39 is 5.97 Å². The summed E-state index contributed by atoms with van der Waals surface area (Å²) in [6.45, 7) is 0.